The summed E-state index contributed by atoms with van der Waals surface area (Å²) < 4.78 is 5.26. The number of aromatic nitrogens is 2. The molecule has 1 fully saturated rings. The van der Waals surface area contributed by atoms with Crippen molar-refractivity contribution < 1.29 is 9.53 Å². The molecule has 1 saturated heterocycles. The van der Waals surface area contributed by atoms with Crippen molar-refractivity contribution in [1.82, 2.24) is 15.5 Å². The van der Waals surface area contributed by atoms with Crippen molar-refractivity contribution in [2.75, 3.05) is 25.0 Å². The number of hydrogen-bond donors (Lipinski definition) is 3. The van der Waals surface area contributed by atoms with Gasteiger partial charge in [0, 0.05) is 19.2 Å². The van der Waals surface area contributed by atoms with Crippen LogP contribution in [0.2, 0.25) is 0 Å². The second-order valence-corrected chi connectivity index (χ2v) is 3.36. The number of amides is 1. The van der Waals surface area contributed by atoms with Crippen molar-refractivity contribution >= 4 is 11.7 Å². The molecule has 7 nitrogen and oxygen atoms in total. The van der Waals surface area contributed by atoms with Crippen LogP contribution < -0.4 is 16.2 Å². The van der Waals surface area contributed by atoms with E-state index in [1.165, 1.54) is 12.1 Å². The Kier molecular flexibility index (Phi) is 3.28. The summed E-state index contributed by atoms with van der Waals surface area (Å²) >= 11 is 0. The van der Waals surface area contributed by atoms with Crippen LogP contribution in [0.15, 0.2) is 16.9 Å². The Morgan fingerprint density at radius 1 is 1.56 bits per heavy atom. The molecule has 1 aliphatic heterocycles. The van der Waals surface area contributed by atoms with Crippen molar-refractivity contribution in [3.63, 3.8) is 0 Å². The lowest BCUT2D eigenvalue weighted by Gasteiger charge is -2.22. The van der Waals surface area contributed by atoms with Crippen LogP contribution in [0, 0.1) is 0 Å². The number of nitrogens with zero attached hydrogens (tertiary/aromatic N) is 1. The molecule has 1 aliphatic rings. The molecule has 0 radical (unpaired) electrons. The second kappa shape index (κ2) is 4.86. The monoisotopic (exact) mass is 224 g/mol. The number of hydrogen-bond acceptors (Lipinski definition) is 5. The number of nitrogens with one attached hydrogen (secondary N) is 3. The van der Waals surface area contributed by atoms with E-state index in [0.717, 1.165) is 6.54 Å². The van der Waals surface area contributed by atoms with Gasteiger partial charge in [-0.2, -0.15) is 5.10 Å². The molecule has 16 heavy (non-hydrogen) atoms. The first-order valence-electron chi connectivity index (χ1n) is 4.94. The van der Waals surface area contributed by atoms with Gasteiger partial charge in [-0.3, -0.25) is 9.59 Å². The molecule has 1 aromatic heterocycles. The zero-order valence-electron chi connectivity index (χ0n) is 8.53. The van der Waals surface area contributed by atoms with Gasteiger partial charge in [0.2, 0.25) is 0 Å². The van der Waals surface area contributed by atoms with Gasteiger partial charge in [-0.05, 0) is 6.07 Å². The van der Waals surface area contributed by atoms with E-state index in [1.54, 1.807) is 0 Å². The van der Waals surface area contributed by atoms with Crippen molar-refractivity contribution in [3.05, 3.63) is 22.5 Å². The molecule has 1 atom stereocenters. The maximum atomic E-state index is 11.6. The number of morpholine rings is 1. The Balaban J connectivity index is 1.95. The molecule has 7 heteroatoms. The van der Waals surface area contributed by atoms with Crippen LogP contribution in [-0.4, -0.2) is 41.9 Å². The van der Waals surface area contributed by atoms with Crippen LogP contribution in [0.4, 0.5) is 5.82 Å². The van der Waals surface area contributed by atoms with Gasteiger partial charge in [-0.1, -0.05) is 0 Å². The van der Waals surface area contributed by atoms with Crippen LogP contribution in [-0.2, 0) is 9.53 Å². The van der Waals surface area contributed by atoms with Gasteiger partial charge < -0.3 is 15.4 Å². The Labute approximate surface area is 91.2 Å². The Bertz CT molecular complexity index is 405. The summed E-state index contributed by atoms with van der Waals surface area (Å²) in [5, 5.41) is 11.5. The molecule has 1 amide bonds. The first-order valence-corrected chi connectivity index (χ1v) is 4.94. The fraction of sp³-hybridized carbons (Fsp3) is 0.444. The highest BCUT2D eigenvalue weighted by Crippen LogP contribution is 2.02. The van der Waals surface area contributed by atoms with Crippen molar-refractivity contribution in [2.45, 2.75) is 6.10 Å². The summed E-state index contributed by atoms with van der Waals surface area (Å²) in [6.07, 6.45) is -0.512. The number of H-pyrrole nitrogens is 1. The van der Waals surface area contributed by atoms with Crippen molar-refractivity contribution in [1.29, 1.82) is 0 Å². The van der Waals surface area contributed by atoms with Crippen LogP contribution in [0.25, 0.3) is 0 Å². The van der Waals surface area contributed by atoms with Crippen LogP contribution >= 0.6 is 0 Å². The lowest BCUT2D eigenvalue weighted by molar-refractivity contribution is -0.128. The Hall–Kier alpha value is -1.73. The number of aromatic amines is 1. The maximum Gasteiger partial charge on any atom is 0.264 e. The van der Waals surface area contributed by atoms with Gasteiger partial charge in [-0.15, -0.1) is 0 Å². The summed E-state index contributed by atoms with van der Waals surface area (Å²) in [5.41, 5.74) is -0.311. The maximum absolute atomic E-state index is 11.6. The minimum Gasteiger partial charge on any atom is -0.366 e. The first kappa shape index (κ1) is 10.8. The molecule has 2 heterocycles. The molecule has 1 unspecified atom stereocenters. The summed E-state index contributed by atoms with van der Waals surface area (Å²) in [4.78, 5) is 22.4. The highest BCUT2D eigenvalue weighted by Gasteiger charge is 2.21. The minimum absolute atomic E-state index is 0.272. The smallest absolute Gasteiger partial charge is 0.264 e. The summed E-state index contributed by atoms with van der Waals surface area (Å²) in [5.74, 6) is 0.0329. The van der Waals surface area contributed by atoms with Gasteiger partial charge in [-0.25, -0.2) is 5.10 Å². The van der Waals surface area contributed by atoms with Gasteiger partial charge in [0.15, 0.2) is 5.82 Å². The molecule has 0 aromatic carbocycles. The molecule has 0 bridgehead atoms. The van der Waals surface area contributed by atoms with E-state index in [9.17, 15) is 9.59 Å². The summed E-state index contributed by atoms with van der Waals surface area (Å²) in [6.45, 7) is 1.74. The molecule has 2 rings (SSSR count). The number of rotatable bonds is 2. The lowest BCUT2D eigenvalue weighted by Crippen LogP contribution is -2.45. The Morgan fingerprint density at radius 2 is 2.44 bits per heavy atom. The van der Waals surface area contributed by atoms with Gasteiger partial charge in [0.25, 0.3) is 11.5 Å². The molecule has 1 aromatic rings. The largest absolute Gasteiger partial charge is 0.366 e. The van der Waals surface area contributed by atoms with E-state index in [-0.39, 0.29) is 11.5 Å². The average Bonchev–Trinajstić information content (AvgIpc) is 2.33. The van der Waals surface area contributed by atoms with Gasteiger partial charge in [0.05, 0.1) is 6.61 Å². The van der Waals surface area contributed by atoms with Gasteiger partial charge in [0.1, 0.15) is 6.10 Å². The number of carbonyl (C=O) groups is 1. The highest BCUT2D eigenvalue weighted by atomic mass is 16.5. The van der Waals surface area contributed by atoms with E-state index in [4.69, 9.17) is 4.74 Å². The molecule has 0 aliphatic carbocycles. The molecular formula is C9H12N4O3. The fourth-order valence-electron chi connectivity index (χ4n) is 1.35. The molecule has 0 spiro atoms. The third-order valence-electron chi connectivity index (χ3n) is 2.15. The van der Waals surface area contributed by atoms with Crippen LogP contribution in [0.5, 0.6) is 0 Å². The number of carbonyl (C=O) groups excluding carboxylic acids is 1. The van der Waals surface area contributed by atoms with E-state index in [2.05, 4.69) is 20.8 Å². The predicted octanol–water partition coefficient (Wildman–Crippen LogP) is -1.30. The topological polar surface area (TPSA) is 96.1 Å². The lowest BCUT2D eigenvalue weighted by atomic mass is 10.3. The SMILES string of the molecule is O=C(Nc1ccc(=O)[nH]n1)C1CNCCO1. The average molecular weight is 224 g/mol. The third kappa shape index (κ3) is 2.65. The second-order valence-electron chi connectivity index (χ2n) is 3.36. The van der Waals surface area contributed by atoms with Gasteiger partial charge >= 0.3 is 0 Å². The van der Waals surface area contributed by atoms with E-state index in [1.807, 2.05) is 0 Å². The van der Waals surface area contributed by atoms with Crippen molar-refractivity contribution in [2.24, 2.45) is 0 Å². The predicted molar refractivity (Wildman–Crippen MR) is 56.1 cm³/mol. The van der Waals surface area contributed by atoms with Crippen LogP contribution in [0.3, 0.4) is 0 Å². The molecular weight excluding hydrogens is 212 g/mol. The number of anilines is 1. The third-order valence-corrected chi connectivity index (χ3v) is 2.15. The zero-order valence-corrected chi connectivity index (χ0v) is 8.53. The number of ether oxygens (including phenoxy) is 1. The fourth-order valence-corrected chi connectivity index (χ4v) is 1.35. The zero-order chi connectivity index (χ0) is 11.4. The quantitative estimate of drug-likeness (QED) is 0.580. The molecule has 86 valence electrons. The summed E-state index contributed by atoms with van der Waals surface area (Å²) in [7, 11) is 0. The van der Waals surface area contributed by atoms with Crippen molar-refractivity contribution in [3.8, 4) is 0 Å². The van der Waals surface area contributed by atoms with Crippen LogP contribution in [0.1, 0.15) is 0 Å². The van der Waals surface area contributed by atoms with E-state index < -0.39 is 6.10 Å². The summed E-state index contributed by atoms with van der Waals surface area (Å²) in [6, 6.07) is 2.73. The highest BCUT2D eigenvalue weighted by molar-refractivity contribution is 5.93. The standard InChI is InChI=1S/C9H12N4O3/c14-8-2-1-7(12-13-8)11-9(15)6-5-10-3-4-16-6/h1-2,6,10H,3-5H2,(H,13,14)(H,11,12,15). The molecule has 3 N–H and O–H groups in total. The molecule has 0 saturated carbocycles. The first-order chi connectivity index (χ1) is 7.75. The van der Waals surface area contributed by atoms with E-state index >= 15 is 0 Å². The normalized spacial score (nSPS) is 20.4. The Morgan fingerprint density at radius 3 is 3.06 bits per heavy atom. The van der Waals surface area contributed by atoms with E-state index in [0.29, 0.717) is 19.0 Å². The minimum atomic E-state index is -0.512.